The van der Waals surface area contributed by atoms with E-state index in [2.05, 4.69) is 15.3 Å². The molecular weight excluding hydrogens is 264 g/mol. The second kappa shape index (κ2) is 5.75. The van der Waals surface area contributed by atoms with Gasteiger partial charge in [0.25, 0.3) is 5.56 Å². The summed E-state index contributed by atoms with van der Waals surface area (Å²) in [7, 11) is 0. The third kappa shape index (κ3) is 2.91. The molecule has 5 nitrogen and oxygen atoms in total. The van der Waals surface area contributed by atoms with Gasteiger partial charge in [-0.1, -0.05) is 18.2 Å². The van der Waals surface area contributed by atoms with Crippen LogP contribution in [0.25, 0.3) is 10.9 Å². The molecule has 2 heterocycles. The van der Waals surface area contributed by atoms with Crippen molar-refractivity contribution in [3.8, 4) is 0 Å². The number of pyridine rings is 1. The minimum atomic E-state index is -0.0146. The van der Waals surface area contributed by atoms with Crippen molar-refractivity contribution in [2.45, 2.75) is 13.5 Å². The average Bonchev–Trinajstić information content (AvgIpc) is 2.52. The zero-order chi connectivity index (χ0) is 14.7. The lowest BCUT2D eigenvalue weighted by Crippen LogP contribution is -2.24. The number of rotatable bonds is 4. The smallest absolute Gasteiger partial charge is 0.261 e. The first-order chi connectivity index (χ1) is 10.2. The molecule has 106 valence electrons. The number of anilines is 1. The van der Waals surface area contributed by atoms with Crippen molar-refractivity contribution in [1.29, 1.82) is 0 Å². The van der Waals surface area contributed by atoms with Crippen LogP contribution < -0.4 is 10.9 Å². The van der Waals surface area contributed by atoms with E-state index in [4.69, 9.17) is 0 Å². The molecule has 5 heteroatoms. The van der Waals surface area contributed by atoms with Crippen molar-refractivity contribution >= 4 is 16.7 Å². The second-order valence-electron chi connectivity index (χ2n) is 4.91. The summed E-state index contributed by atoms with van der Waals surface area (Å²) >= 11 is 0. The minimum Gasteiger partial charge on any atom is -0.368 e. The Morgan fingerprint density at radius 3 is 2.81 bits per heavy atom. The van der Waals surface area contributed by atoms with Crippen molar-refractivity contribution in [3.05, 3.63) is 64.8 Å². The Bertz CT molecular complexity index is 808. The largest absolute Gasteiger partial charge is 0.368 e. The lowest BCUT2D eigenvalue weighted by Gasteiger charge is -2.08. The van der Waals surface area contributed by atoms with Gasteiger partial charge in [-0.2, -0.15) is 0 Å². The van der Waals surface area contributed by atoms with Crippen LogP contribution in [0.5, 0.6) is 0 Å². The third-order valence-corrected chi connectivity index (χ3v) is 3.30. The highest BCUT2D eigenvalue weighted by Crippen LogP contribution is 2.05. The highest BCUT2D eigenvalue weighted by Gasteiger charge is 2.02. The van der Waals surface area contributed by atoms with Gasteiger partial charge < -0.3 is 5.32 Å². The number of nitrogens with one attached hydrogen (secondary N) is 1. The molecule has 0 atom stereocenters. The fourth-order valence-electron chi connectivity index (χ4n) is 2.14. The zero-order valence-electron chi connectivity index (χ0n) is 11.8. The van der Waals surface area contributed by atoms with Crippen LogP contribution in [-0.4, -0.2) is 21.1 Å². The molecule has 0 saturated heterocycles. The maximum absolute atomic E-state index is 12.3. The Labute approximate surface area is 122 Å². The first-order valence-electron chi connectivity index (χ1n) is 6.85. The molecule has 0 aliphatic rings. The number of hydrogen-bond acceptors (Lipinski definition) is 4. The summed E-state index contributed by atoms with van der Waals surface area (Å²) in [6.07, 6.45) is 3.40. The molecule has 1 aromatic carbocycles. The van der Waals surface area contributed by atoms with Crippen LogP contribution >= 0.6 is 0 Å². The van der Waals surface area contributed by atoms with Gasteiger partial charge in [0.05, 0.1) is 17.2 Å². The number of aromatic nitrogens is 3. The highest BCUT2D eigenvalue weighted by atomic mass is 16.1. The predicted molar refractivity (Wildman–Crippen MR) is 83.5 cm³/mol. The molecular formula is C16H16N4O. The molecule has 0 saturated carbocycles. The quantitative estimate of drug-likeness (QED) is 0.796. The number of benzene rings is 1. The average molecular weight is 280 g/mol. The van der Waals surface area contributed by atoms with Crippen LogP contribution in [0.15, 0.2) is 53.7 Å². The summed E-state index contributed by atoms with van der Waals surface area (Å²) in [6, 6.07) is 11.3. The van der Waals surface area contributed by atoms with Crippen LogP contribution in [0, 0.1) is 6.92 Å². The van der Waals surface area contributed by atoms with Crippen LogP contribution in [0.1, 0.15) is 5.56 Å². The third-order valence-electron chi connectivity index (χ3n) is 3.30. The Morgan fingerprint density at radius 2 is 2.00 bits per heavy atom. The van der Waals surface area contributed by atoms with Crippen LogP contribution in [0.2, 0.25) is 0 Å². The van der Waals surface area contributed by atoms with Crippen LogP contribution in [0.4, 0.5) is 5.82 Å². The molecule has 2 aromatic heterocycles. The van der Waals surface area contributed by atoms with E-state index in [9.17, 15) is 4.79 Å². The van der Waals surface area contributed by atoms with Gasteiger partial charge in [-0.15, -0.1) is 0 Å². The van der Waals surface area contributed by atoms with E-state index in [-0.39, 0.29) is 5.56 Å². The maximum Gasteiger partial charge on any atom is 0.261 e. The normalized spacial score (nSPS) is 10.7. The molecule has 0 amide bonds. The maximum atomic E-state index is 12.3. The zero-order valence-corrected chi connectivity index (χ0v) is 11.8. The van der Waals surface area contributed by atoms with Crippen molar-refractivity contribution in [2.24, 2.45) is 0 Å². The molecule has 0 fully saturated rings. The van der Waals surface area contributed by atoms with E-state index >= 15 is 0 Å². The summed E-state index contributed by atoms with van der Waals surface area (Å²) in [6.45, 7) is 3.17. The summed E-state index contributed by atoms with van der Waals surface area (Å²) in [5, 5.41) is 3.84. The summed E-state index contributed by atoms with van der Waals surface area (Å²) in [4.78, 5) is 20.9. The van der Waals surface area contributed by atoms with Crippen molar-refractivity contribution in [1.82, 2.24) is 14.5 Å². The van der Waals surface area contributed by atoms with E-state index < -0.39 is 0 Å². The van der Waals surface area contributed by atoms with Gasteiger partial charge >= 0.3 is 0 Å². The molecule has 3 aromatic rings. The number of nitrogens with zero attached hydrogens (tertiary/aromatic N) is 3. The van der Waals surface area contributed by atoms with Gasteiger partial charge in [-0.25, -0.2) is 9.97 Å². The first-order valence-corrected chi connectivity index (χ1v) is 6.85. The molecule has 0 unspecified atom stereocenters. The van der Waals surface area contributed by atoms with Gasteiger partial charge in [0.2, 0.25) is 0 Å². The van der Waals surface area contributed by atoms with E-state index in [1.807, 2.05) is 43.5 Å². The predicted octanol–water partition coefficient (Wildman–Crippen LogP) is 2.21. The topological polar surface area (TPSA) is 59.8 Å². The molecule has 1 N–H and O–H groups in total. The Balaban J connectivity index is 1.72. The Kier molecular flexibility index (Phi) is 3.64. The fourth-order valence-corrected chi connectivity index (χ4v) is 2.14. The van der Waals surface area contributed by atoms with E-state index in [1.165, 1.54) is 0 Å². The lowest BCUT2D eigenvalue weighted by molar-refractivity contribution is 0.688. The second-order valence-corrected chi connectivity index (χ2v) is 4.91. The number of hydrogen-bond donors (Lipinski definition) is 1. The fraction of sp³-hybridized carbons (Fsp3) is 0.188. The van der Waals surface area contributed by atoms with E-state index in [1.54, 1.807) is 17.0 Å². The lowest BCUT2D eigenvalue weighted by atomic mass is 10.2. The van der Waals surface area contributed by atoms with Gasteiger partial charge in [0, 0.05) is 19.3 Å². The van der Waals surface area contributed by atoms with Crippen LogP contribution in [-0.2, 0) is 6.54 Å². The molecule has 0 aliphatic heterocycles. The molecule has 0 aliphatic carbocycles. The van der Waals surface area contributed by atoms with E-state index in [0.29, 0.717) is 18.5 Å². The summed E-state index contributed by atoms with van der Waals surface area (Å²) in [5.41, 5.74) is 1.83. The number of aryl methyl sites for hydroxylation is 1. The molecule has 0 radical (unpaired) electrons. The Morgan fingerprint density at radius 1 is 1.14 bits per heavy atom. The van der Waals surface area contributed by atoms with Gasteiger partial charge in [-0.05, 0) is 30.7 Å². The molecule has 0 spiro atoms. The summed E-state index contributed by atoms with van der Waals surface area (Å²) in [5.74, 6) is 0.808. The minimum absolute atomic E-state index is 0.0146. The van der Waals surface area contributed by atoms with Crippen LogP contribution in [0.3, 0.4) is 0 Å². The molecule has 0 bridgehead atoms. The SMILES string of the molecule is Cc1ccc(NCCn2cnc3ccccc3c2=O)nc1. The highest BCUT2D eigenvalue weighted by molar-refractivity contribution is 5.76. The van der Waals surface area contributed by atoms with Crippen molar-refractivity contribution in [3.63, 3.8) is 0 Å². The van der Waals surface area contributed by atoms with Gasteiger partial charge in [-0.3, -0.25) is 9.36 Å². The van der Waals surface area contributed by atoms with Gasteiger partial charge in [0.1, 0.15) is 5.82 Å². The standard InChI is InChI=1S/C16H16N4O/c1-12-6-7-15(18-10-12)17-8-9-20-11-19-14-5-3-2-4-13(14)16(20)21/h2-7,10-11H,8-9H2,1H3,(H,17,18). The monoisotopic (exact) mass is 280 g/mol. The van der Waals surface area contributed by atoms with Gasteiger partial charge in [0.15, 0.2) is 0 Å². The molecule has 21 heavy (non-hydrogen) atoms. The first kappa shape index (κ1) is 13.3. The number of para-hydroxylation sites is 1. The number of fused-ring (bicyclic) bond motifs is 1. The Hall–Kier alpha value is -2.69. The summed E-state index contributed by atoms with van der Waals surface area (Å²) < 4.78 is 1.61. The molecule has 3 rings (SSSR count). The van der Waals surface area contributed by atoms with Crippen molar-refractivity contribution in [2.75, 3.05) is 11.9 Å². The van der Waals surface area contributed by atoms with E-state index in [0.717, 1.165) is 16.9 Å². The van der Waals surface area contributed by atoms with Crippen molar-refractivity contribution < 1.29 is 0 Å².